The van der Waals surface area contributed by atoms with E-state index in [0.29, 0.717) is 6.42 Å². The van der Waals surface area contributed by atoms with Crippen molar-refractivity contribution in [2.75, 3.05) is 31.6 Å². The summed E-state index contributed by atoms with van der Waals surface area (Å²) in [6.07, 6.45) is 0.471. The molecule has 1 aliphatic rings. The van der Waals surface area contributed by atoms with E-state index < -0.39 is 0 Å². The van der Waals surface area contributed by atoms with Gasteiger partial charge in [0.05, 0.1) is 0 Å². The van der Waals surface area contributed by atoms with Gasteiger partial charge >= 0.3 is 0 Å². The molecule has 0 aromatic heterocycles. The Kier molecular flexibility index (Phi) is 4.47. The van der Waals surface area contributed by atoms with Crippen molar-refractivity contribution in [3.8, 4) is 0 Å². The molecule has 1 aliphatic heterocycles. The van der Waals surface area contributed by atoms with E-state index in [9.17, 15) is 9.90 Å². The van der Waals surface area contributed by atoms with Crippen molar-refractivity contribution in [3.63, 3.8) is 0 Å². The van der Waals surface area contributed by atoms with E-state index >= 15 is 0 Å². The van der Waals surface area contributed by atoms with E-state index in [4.69, 9.17) is 0 Å². The van der Waals surface area contributed by atoms with Crippen molar-refractivity contribution in [2.45, 2.75) is 19.4 Å². The van der Waals surface area contributed by atoms with Gasteiger partial charge in [-0.2, -0.15) is 0 Å². The van der Waals surface area contributed by atoms with E-state index in [2.05, 4.69) is 20.8 Å². The van der Waals surface area contributed by atoms with Gasteiger partial charge in [-0.1, -0.05) is 15.9 Å². The normalized spacial score (nSPS) is 20.0. The number of aliphatic hydroxyl groups is 1. The highest BCUT2D eigenvalue weighted by Crippen LogP contribution is 2.28. The summed E-state index contributed by atoms with van der Waals surface area (Å²) in [6, 6.07) is 5.81. The Hall–Kier alpha value is -1.07. The fraction of sp³-hybridized carbons (Fsp3) is 0.500. The minimum atomic E-state index is -0.261. The number of halogens is 1. The second kappa shape index (κ2) is 5.92. The summed E-state index contributed by atoms with van der Waals surface area (Å²) >= 11 is 3.45. The van der Waals surface area contributed by atoms with Crippen molar-refractivity contribution in [1.82, 2.24) is 4.90 Å². The molecule has 1 heterocycles. The van der Waals surface area contributed by atoms with Crippen molar-refractivity contribution in [3.05, 3.63) is 28.2 Å². The standard InChI is InChI=1S/C14H19BrN2O2/c1-10-9-11(15)3-4-12(10)17-7-6-16(2)14(19)13(17)5-8-18/h3-4,9,13,18H,5-8H2,1-2H3. The molecule has 1 fully saturated rings. The lowest BCUT2D eigenvalue weighted by molar-refractivity contribution is -0.133. The van der Waals surface area contributed by atoms with Crippen LogP contribution >= 0.6 is 15.9 Å². The third-order valence-corrected chi connectivity index (χ3v) is 4.08. The average molecular weight is 327 g/mol. The van der Waals surface area contributed by atoms with Crippen LogP contribution in [-0.4, -0.2) is 48.7 Å². The summed E-state index contributed by atoms with van der Waals surface area (Å²) in [5, 5.41) is 9.20. The van der Waals surface area contributed by atoms with Gasteiger partial charge in [0.1, 0.15) is 6.04 Å². The number of carbonyl (C=O) groups excluding carboxylic acids is 1. The summed E-state index contributed by atoms with van der Waals surface area (Å²) in [7, 11) is 1.82. The highest BCUT2D eigenvalue weighted by Gasteiger charge is 2.33. The number of amides is 1. The number of rotatable bonds is 3. The molecule has 1 saturated heterocycles. The van der Waals surface area contributed by atoms with Crippen LogP contribution in [0.3, 0.4) is 0 Å². The lowest BCUT2D eigenvalue weighted by Crippen LogP contribution is -2.56. The van der Waals surface area contributed by atoms with Crippen LogP contribution in [0.5, 0.6) is 0 Å². The zero-order chi connectivity index (χ0) is 14.0. The highest BCUT2D eigenvalue weighted by atomic mass is 79.9. The maximum absolute atomic E-state index is 12.2. The highest BCUT2D eigenvalue weighted by molar-refractivity contribution is 9.10. The molecule has 0 spiro atoms. The molecule has 0 bridgehead atoms. The number of hydrogen-bond donors (Lipinski definition) is 1. The molecule has 1 aromatic rings. The van der Waals surface area contributed by atoms with E-state index in [1.807, 2.05) is 32.2 Å². The number of carbonyl (C=O) groups is 1. The van der Waals surface area contributed by atoms with Crippen LogP contribution in [0.1, 0.15) is 12.0 Å². The molecule has 19 heavy (non-hydrogen) atoms. The number of likely N-dealkylation sites (N-methyl/N-ethyl adjacent to an activating group) is 1. The average Bonchev–Trinajstić information content (AvgIpc) is 2.36. The van der Waals surface area contributed by atoms with E-state index in [1.165, 1.54) is 0 Å². The maximum Gasteiger partial charge on any atom is 0.245 e. The first-order valence-corrected chi connectivity index (χ1v) is 7.22. The van der Waals surface area contributed by atoms with Gasteiger partial charge < -0.3 is 14.9 Å². The monoisotopic (exact) mass is 326 g/mol. The third kappa shape index (κ3) is 2.92. The van der Waals surface area contributed by atoms with Gasteiger partial charge in [-0.3, -0.25) is 4.79 Å². The number of nitrogens with zero attached hydrogens (tertiary/aromatic N) is 2. The second-order valence-corrected chi connectivity index (χ2v) is 5.83. The van der Waals surface area contributed by atoms with Gasteiger partial charge in [-0.25, -0.2) is 0 Å². The number of piperazine rings is 1. The molecule has 0 aliphatic carbocycles. The third-order valence-electron chi connectivity index (χ3n) is 3.58. The number of aliphatic hydroxyl groups excluding tert-OH is 1. The van der Waals surface area contributed by atoms with Crippen molar-refractivity contribution < 1.29 is 9.90 Å². The number of anilines is 1. The maximum atomic E-state index is 12.2. The van der Waals surface area contributed by atoms with Gasteiger partial charge in [-0.15, -0.1) is 0 Å². The smallest absolute Gasteiger partial charge is 0.245 e. The second-order valence-electron chi connectivity index (χ2n) is 4.91. The molecule has 0 saturated carbocycles. The SMILES string of the molecule is Cc1cc(Br)ccc1N1CCN(C)C(=O)C1CCO. The first-order valence-electron chi connectivity index (χ1n) is 6.43. The molecule has 1 amide bonds. The van der Waals surface area contributed by atoms with Crippen LogP contribution < -0.4 is 4.90 Å². The Morgan fingerprint density at radius 3 is 2.79 bits per heavy atom. The molecule has 1 aromatic carbocycles. The van der Waals surface area contributed by atoms with Gasteiger partial charge in [0.25, 0.3) is 0 Å². The van der Waals surface area contributed by atoms with Gasteiger partial charge in [0.2, 0.25) is 5.91 Å². The Morgan fingerprint density at radius 2 is 2.16 bits per heavy atom. The molecular formula is C14H19BrN2O2. The Bertz CT molecular complexity index is 479. The van der Waals surface area contributed by atoms with Gasteiger partial charge in [0, 0.05) is 36.9 Å². The van der Waals surface area contributed by atoms with Crippen LogP contribution in [0.4, 0.5) is 5.69 Å². The zero-order valence-electron chi connectivity index (χ0n) is 11.3. The fourth-order valence-electron chi connectivity index (χ4n) is 2.54. The first kappa shape index (κ1) is 14.3. The molecule has 1 unspecified atom stereocenters. The zero-order valence-corrected chi connectivity index (χ0v) is 12.9. The van der Waals surface area contributed by atoms with Crippen molar-refractivity contribution >= 4 is 27.5 Å². The van der Waals surface area contributed by atoms with E-state index in [-0.39, 0.29) is 18.6 Å². The van der Waals surface area contributed by atoms with Crippen molar-refractivity contribution in [1.29, 1.82) is 0 Å². The predicted octanol–water partition coefficient (Wildman–Crippen LogP) is 1.79. The minimum absolute atomic E-state index is 0.0241. The number of hydrogen-bond acceptors (Lipinski definition) is 3. The predicted molar refractivity (Wildman–Crippen MR) is 79.4 cm³/mol. The largest absolute Gasteiger partial charge is 0.396 e. The van der Waals surface area contributed by atoms with Crippen LogP contribution in [0.15, 0.2) is 22.7 Å². The van der Waals surface area contributed by atoms with Crippen LogP contribution in [0.2, 0.25) is 0 Å². The van der Waals surface area contributed by atoms with Crippen molar-refractivity contribution in [2.24, 2.45) is 0 Å². The Labute approximate surface area is 122 Å². The molecule has 104 valence electrons. The quantitative estimate of drug-likeness (QED) is 0.920. The molecule has 5 heteroatoms. The molecule has 1 atom stereocenters. The van der Waals surface area contributed by atoms with Crippen LogP contribution in [-0.2, 0) is 4.79 Å². The Morgan fingerprint density at radius 1 is 1.42 bits per heavy atom. The molecule has 4 nitrogen and oxygen atoms in total. The van der Waals surface area contributed by atoms with E-state index in [0.717, 1.165) is 28.8 Å². The molecule has 2 rings (SSSR count). The van der Waals surface area contributed by atoms with Gasteiger partial charge in [0.15, 0.2) is 0 Å². The summed E-state index contributed by atoms with van der Waals surface area (Å²) in [4.78, 5) is 16.1. The van der Waals surface area contributed by atoms with Crippen LogP contribution in [0.25, 0.3) is 0 Å². The summed E-state index contributed by atoms with van der Waals surface area (Å²) in [6.45, 7) is 3.58. The number of aryl methyl sites for hydroxylation is 1. The minimum Gasteiger partial charge on any atom is -0.396 e. The fourth-order valence-corrected chi connectivity index (χ4v) is 3.02. The topological polar surface area (TPSA) is 43.8 Å². The lowest BCUT2D eigenvalue weighted by Gasteiger charge is -2.41. The molecule has 0 radical (unpaired) electrons. The lowest BCUT2D eigenvalue weighted by atomic mass is 10.0. The summed E-state index contributed by atoms with van der Waals surface area (Å²) in [5.41, 5.74) is 2.21. The molecule has 1 N–H and O–H groups in total. The van der Waals surface area contributed by atoms with E-state index in [1.54, 1.807) is 4.90 Å². The Balaban J connectivity index is 2.32. The molecular weight excluding hydrogens is 308 g/mol. The first-order chi connectivity index (χ1) is 9.04. The number of benzene rings is 1. The van der Waals surface area contributed by atoms with Crippen LogP contribution in [0, 0.1) is 6.92 Å². The summed E-state index contributed by atoms with van der Waals surface area (Å²) in [5.74, 6) is 0.0858. The van der Waals surface area contributed by atoms with Gasteiger partial charge in [-0.05, 0) is 37.1 Å². The summed E-state index contributed by atoms with van der Waals surface area (Å²) < 4.78 is 1.04.